The highest BCUT2D eigenvalue weighted by Gasteiger charge is 2.40. The molecule has 1 saturated heterocycles. The predicted octanol–water partition coefficient (Wildman–Crippen LogP) is 2.24. The molecule has 5 heteroatoms. The van der Waals surface area contributed by atoms with Crippen LogP contribution < -0.4 is 10.6 Å². The number of rotatable bonds is 5. The third kappa shape index (κ3) is 4.38. The minimum absolute atomic E-state index is 0.000811. The summed E-state index contributed by atoms with van der Waals surface area (Å²) in [5, 5.41) is 16.4. The summed E-state index contributed by atoms with van der Waals surface area (Å²) in [6.07, 6.45) is 9.98. The van der Waals surface area contributed by atoms with Crippen LogP contribution in [0.2, 0.25) is 0 Å². The second kappa shape index (κ2) is 7.39. The van der Waals surface area contributed by atoms with Gasteiger partial charge >= 0.3 is 6.03 Å². The lowest BCUT2D eigenvalue weighted by Crippen LogP contribution is -2.53. The van der Waals surface area contributed by atoms with Crippen LogP contribution in [0, 0.1) is 5.41 Å². The van der Waals surface area contributed by atoms with Crippen LogP contribution in [0.3, 0.4) is 0 Å². The van der Waals surface area contributed by atoms with E-state index in [4.69, 9.17) is 0 Å². The Morgan fingerprint density at radius 3 is 2.48 bits per heavy atom. The number of hydrogen-bond acceptors (Lipinski definition) is 3. The molecule has 23 heavy (non-hydrogen) atoms. The van der Waals surface area contributed by atoms with Crippen LogP contribution in [0.5, 0.6) is 0 Å². The lowest BCUT2D eigenvalue weighted by atomic mass is 9.89. The zero-order chi connectivity index (χ0) is 16.3. The first-order valence-electron chi connectivity index (χ1n) is 9.58. The van der Waals surface area contributed by atoms with E-state index < -0.39 is 0 Å². The topological polar surface area (TPSA) is 64.6 Å². The van der Waals surface area contributed by atoms with Crippen molar-refractivity contribution < 1.29 is 9.90 Å². The molecule has 132 valence electrons. The van der Waals surface area contributed by atoms with Gasteiger partial charge in [-0.3, -0.25) is 4.90 Å². The van der Waals surface area contributed by atoms with Crippen LogP contribution in [0.25, 0.3) is 0 Å². The molecule has 2 unspecified atom stereocenters. The molecule has 3 fully saturated rings. The molecule has 2 saturated carbocycles. The predicted molar refractivity (Wildman–Crippen MR) is 91.4 cm³/mol. The second-order valence-corrected chi connectivity index (χ2v) is 7.91. The van der Waals surface area contributed by atoms with E-state index in [9.17, 15) is 9.90 Å². The number of amides is 2. The summed E-state index contributed by atoms with van der Waals surface area (Å²) >= 11 is 0. The van der Waals surface area contributed by atoms with Gasteiger partial charge in [0, 0.05) is 31.7 Å². The number of urea groups is 1. The van der Waals surface area contributed by atoms with E-state index in [1.807, 2.05) is 0 Å². The van der Waals surface area contributed by atoms with Crippen molar-refractivity contribution in [3.05, 3.63) is 0 Å². The van der Waals surface area contributed by atoms with Gasteiger partial charge in [0.25, 0.3) is 0 Å². The first-order valence-corrected chi connectivity index (χ1v) is 9.58. The molecule has 3 rings (SSSR count). The molecule has 1 heterocycles. The third-order valence-corrected chi connectivity index (χ3v) is 6.36. The van der Waals surface area contributed by atoms with Crippen molar-refractivity contribution in [2.75, 3.05) is 19.6 Å². The van der Waals surface area contributed by atoms with Crippen molar-refractivity contribution in [2.24, 2.45) is 5.41 Å². The van der Waals surface area contributed by atoms with Gasteiger partial charge in [0.2, 0.25) is 0 Å². The van der Waals surface area contributed by atoms with Gasteiger partial charge in [0.05, 0.1) is 6.10 Å². The molecule has 0 aromatic rings. The van der Waals surface area contributed by atoms with Crippen molar-refractivity contribution in [1.29, 1.82) is 0 Å². The Hall–Kier alpha value is -0.810. The number of aliphatic hydroxyl groups is 1. The van der Waals surface area contributed by atoms with Gasteiger partial charge in [-0.05, 0) is 50.4 Å². The molecular formula is C18H33N3O2. The lowest BCUT2D eigenvalue weighted by molar-refractivity contribution is 0.00776. The summed E-state index contributed by atoms with van der Waals surface area (Å²) in [6.45, 7) is 5.02. The van der Waals surface area contributed by atoms with Crippen LogP contribution in [-0.4, -0.2) is 53.9 Å². The smallest absolute Gasteiger partial charge is 0.315 e. The maximum Gasteiger partial charge on any atom is 0.315 e. The van der Waals surface area contributed by atoms with E-state index in [1.54, 1.807) is 0 Å². The molecule has 3 N–H and O–H groups in total. The number of aliphatic hydroxyl groups excluding tert-OH is 1. The van der Waals surface area contributed by atoms with E-state index >= 15 is 0 Å². The van der Waals surface area contributed by atoms with Gasteiger partial charge < -0.3 is 15.7 Å². The third-order valence-electron chi connectivity index (χ3n) is 6.36. The molecule has 2 amide bonds. The molecule has 2 aliphatic carbocycles. The fraction of sp³-hybridized carbons (Fsp3) is 0.944. The standard InChI is InChI=1S/C18H33N3O2/c1-2-18(9-10-18)13-19-17(23)20-14-7-11-21(12-8-14)15-5-3-4-6-16(15)22/h14-16,22H,2-13H2,1H3,(H2,19,20,23). The number of carbonyl (C=O) groups is 1. The number of nitrogens with one attached hydrogen (secondary N) is 2. The molecular weight excluding hydrogens is 290 g/mol. The Labute approximate surface area is 140 Å². The monoisotopic (exact) mass is 323 g/mol. The number of nitrogens with zero attached hydrogens (tertiary/aromatic N) is 1. The van der Waals surface area contributed by atoms with Crippen LogP contribution >= 0.6 is 0 Å². The molecule has 0 radical (unpaired) electrons. The highest BCUT2D eigenvalue weighted by Crippen LogP contribution is 2.47. The first kappa shape index (κ1) is 17.0. The Kier molecular flexibility index (Phi) is 5.47. The minimum atomic E-state index is -0.152. The lowest BCUT2D eigenvalue weighted by Gasteiger charge is -2.41. The summed E-state index contributed by atoms with van der Waals surface area (Å²) in [7, 11) is 0. The molecule has 1 aliphatic heterocycles. The maximum atomic E-state index is 12.1. The number of likely N-dealkylation sites (tertiary alicyclic amines) is 1. The van der Waals surface area contributed by atoms with Gasteiger partial charge in [-0.2, -0.15) is 0 Å². The zero-order valence-corrected chi connectivity index (χ0v) is 14.5. The summed E-state index contributed by atoms with van der Waals surface area (Å²) < 4.78 is 0. The van der Waals surface area contributed by atoms with Crippen molar-refractivity contribution in [1.82, 2.24) is 15.5 Å². The summed E-state index contributed by atoms with van der Waals surface area (Å²) in [5.74, 6) is 0. The van der Waals surface area contributed by atoms with Crippen molar-refractivity contribution >= 4 is 6.03 Å². The van der Waals surface area contributed by atoms with Gasteiger partial charge in [-0.1, -0.05) is 19.8 Å². The Morgan fingerprint density at radius 2 is 1.87 bits per heavy atom. The Morgan fingerprint density at radius 1 is 1.17 bits per heavy atom. The summed E-state index contributed by atoms with van der Waals surface area (Å²) in [5.41, 5.74) is 0.401. The number of piperidine rings is 1. The largest absolute Gasteiger partial charge is 0.391 e. The zero-order valence-electron chi connectivity index (χ0n) is 14.5. The summed E-state index contributed by atoms with van der Waals surface area (Å²) in [4.78, 5) is 14.5. The first-order chi connectivity index (χ1) is 11.1. The number of hydrogen-bond donors (Lipinski definition) is 3. The molecule has 0 bridgehead atoms. The SMILES string of the molecule is CCC1(CNC(=O)NC2CCN(C3CCCCC3O)CC2)CC1. The molecule has 2 atom stereocenters. The van der Waals surface area contributed by atoms with E-state index in [-0.39, 0.29) is 18.2 Å². The molecule has 5 nitrogen and oxygen atoms in total. The van der Waals surface area contributed by atoms with Gasteiger partial charge in [0.1, 0.15) is 0 Å². The maximum absolute atomic E-state index is 12.1. The molecule has 0 aromatic heterocycles. The van der Waals surface area contributed by atoms with Gasteiger partial charge in [-0.25, -0.2) is 4.79 Å². The van der Waals surface area contributed by atoms with E-state index in [0.717, 1.165) is 58.2 Å². The van der Waals surface area contributed by atoms with Crippen molar-refractivity contribution in [3.8, 4) is 0 Å². The highest BCUT2D eigenvalue weighted by molar-refractivity contribution is 5.74. The minimum Gasteiger partial charge on any atom is -0.391 e. The van der Waals surface area contributed by atoms with E-state index in [1.165, 1.54) is 19.3 Å². The molecule has 3 aliphatic rings. The second-order valence-electron chi connectivity index (χ2n) is 7.91. The number of carbonyl (C=O) groups excluding carboxylic acids is 1. The van der Waals surface area contributed by atoms with Gasteiger partial charge in [-0.15, -0.1) is 0 Å². The van der Waals surface area contributed by atoms with Crippen LogP contribution in [0.1, 0.15) is 64.7 Å². The summed E-state index contributed by atoms with van der Waals surface area (Å²) in [6, 6.07) is 0.627. The van der Waals surface area contributed by atoms with E-state index in [0.29, 0.717) is 11.5 Å². The quantitative estimate of drug-likeness (QED) is 0.727. The normalized spacial score (nSPS) is 31.6. The van der Waals surface area contributed by atoms with Crippen LogP contribution in [0.15, 0.2) is 0 Å². The van der Waals surface area contributed by atoms with Crippen molar-refractivity contribution in [3.63, 3.8) is 0 Å². The highest BCUT2D eigenvalue weighted by atomic mass is 16.3. The van der Waals surface area contributed by atoms with E-state index in [2.05, 4.69) is 22.5 Å². The van der Waals surface area contributed by atoms with Crippen LogP contribution in [0.4, 0.5) is 4.79 Å². The molecule has 0 aromatic carbocycles. The Balaban J connectivity index is 1.36. The molecule has 0 spiro atoms. The Bertz CT molecular complexity index is 403. The van der Waals surface area contributed by atoms with Crippen LogP contribution in [-0.2, 0) is 0 Å². The fourth-order valence-electron chi connectivity index (χ4n) is 4.23. The average Bonchev–Trinajstić information content (AvgIpc) is 3.35. The average molecular weight is 323 g/mol. The fourth-order valence-corrected chi connectivity index (χ4v) is 4.23. The van der Waals surface area contributed by atoms with Gasteiger partial charge in [0.15, 0.2) is 0 Å². The van der Waals surface area contributed by atoms with Crippen molar-refractivity contribution in [2.45, 2.75) is 82.9 Å².